The molecule has 2 amide bonds. The van der Waals surface area contributed by atoms with E-state index in [1.165, 1.54) is 0 Å². The summed E-state index contributed by atoms with van der Waals surface area (Å²) in [4.78, 5) is 25.7. The van der Waals surface area contributed by atoms with Gasteiger partial charge in [0.1, 0.15) is 5.75 Å². The number of anilines is 2. The Morgan fingerprint density at radius 2 is 1.83 bits per heavy atom. The van der Waals surface area contributed by atoms with Crippen molar-refractivity contribution < 1.29 is 23.8 Å². The molecule has 0 atom stereocenters. The number of hydrogen-bond acceptors (Lipinski definition) is 6. The lowest BCUT2D eigenvalue weighted by atomic mass is 10.2. The van der Waals surface area contributed by atoms with Crippen molar-refractivity contribution >= 4 is 23.2 Å². The number of amides is 2. The Labute approximate surface area is 169 Å². The Morgan fingerprint density at radius 1 is 1.10 bits per heavy atom. The molecule has 29 heavy (non-hydrogen) atoms. The van der Waals surface area contributed by atoms with Crippen LogP contribution >= 0.6 is 0 Å². The number of methoxy groups -OCH3 is 1. The summed E-state index contributed by atoms with van der Waals surface area (Å²) in [5, 5.41) is 2.87. The zero-order chi connectivity index (χ0) is 20.6. The van der Waals surface area contributed by atoms with Crippen molar-refractivity contribution in [2.75, 3.05) is 43.6 Å². The minimum atomic E-state index is -0.424. The highest BCUT2D eigenvalue weighted by Gasteiger charge is 2.15. The molecule has 1 heterocycles. The first-order valence-electron chi connectivity index (χ1n) is 9.42. The molecule has 8 heteroatoms. The van der Waals surface area contributed by atoms with E-state index in [1.807, 2.05) is 12.1 Å². The van der Waals surface area contributed by atoms with Crippen LogP contribution in [0, 0.1) is 0 Å². The van der Waals surface area contributed by atoms with E-state index in [-0.39, 0.29) is 18.9 Å². The number of nitrogens with two attached hydrogens (primary N) is 1. The van der Waals surface area contributed by atoms with Gasteiger partial charge in [0.15, 0.2) is 11.5 Å². The summed E-state index contributed by atoms with van der Waals surface area (Å²) >= 11 is 0. The van der Waals surface area contributed by atoms with Crippen molar-refractivity contribution in [3.63, 3.8) is 0 Å². The van der Waals surface area contributed by atoms with Gasteiger partial charge in [-0.1, -0.05) is 0 Å². The molecule has 1 aliphatic rings. The standard InChI is InChI=1S/C21H25N3O5/c1-27-17-6-4-16(5-7-17)24(10-9-20(22)25)14-21(26)23-15-3-8-18-19(13-15)29-12-2-11-28-18/h3-8,13H,2,9-12,14H2,1H3,(H2,22,25)(H,23,26). The highest BCUT2D eigenvalue weighted by molar-refractivity contribution is 5.94. The summed E-state index contributed by atoms with van der Waals surface area (Å²) in [5.41, 5.74) is 6.69. The van der Waals surface area contributed by atoms with Gasteiger partial charge in [-0.25, -0.2) is 0 Å². The highest BCUT2D eigenvalue weighted by Crippen LogP contribution is 2.32. The third-order valence-electron chi connectivity index (χ3n) is 4.43. The molecular weight excluding hydrogens is 374 g/mol. The normalized spacial score (nSPS) is 12.6. The van der Waals surface area contributed by atoms with E-state index >= 15 is 0 Å². The summed E-state index contributed by atoms with van der Waals surface area (Å²) in [6.07, 6.45) is 0.955. The lowest BCUT2D eigenvalue weighted by Crippen LogP contribution is -2.35. The van der Waals surface area contributed by atoms with Crippen LogP contribution in [0.5, 0.6) is 17.2 Å². The average molecular weight is 399 g/mol. The van der Waals surface area contributed by atoms with Gasteiger partial charge in [0.25, 0.3) is 0 Å². The molecular formula is C21H25N3O5. The number of carbonyl (C=O) groups is 2. The number of nitrogens with one attached hydrogen (secondary N) is 1. The molecule has 3 rings (SSSR count). The van der Waals surface area contributed by atoms with Gasteiger partial charge in [0.05, 0.1) is 26.9 Å². The predicted octanol–water partition coefficient (Wildman–Crippen LogP) is 2.18. The van der Waals surface area contributed by atoms with Crippen molar-refractivity contribution in [1.29, 1.82) is 0 Å². The van der Waals surface area contributed by atoms with E-state index in [1.54, 1.807) is 42.3 Å². The van der Waals surface area contributed by atoms with Gasteiger partial charge in [-0.2, -0.15) is 0 Å². The molecule has 2 aromatic carbocycles. The largest absolute Gasteiger partial charge is 0.497 e. The van der Waals surface area contributed by atoms with Crippen LogP contribution in [-0.4, -0.2) is 45.2 Å². The molecule has 2 aromatic rings. The fourth-order valence-electron chi connectivity index (χ4n) is 2.95. The van der Waals surface area contributed by atoms with E-state index in [4.69, 9.17) is 19.9 Å². The van der Waals surface area contributed by atoms with Crippen LogP contribution in [0.2, 0.25) is 0 Å². The molecule has 0 spiro atoms. The molecule has 1 aliphatic heterocycles. The molecule has 0 saturated carbocycles. The number of ether oxygens (including phenoxy) is 3. The van der Waals surface area contributed by atoms with Gasteiger partial charge < -0.3 is 30.2 Å². The molecule has 8 nitrogen and oxygen atoms in total. The second kappa shape index (κ2) is 9.68. The van der Waals surface area contributed by atoms with Crippen molar-refractivity contribution in [3.8, 4) is 17.2 Å². The molecule has 0 aliphatic carbocycles. The third-order valence-corrected chi connectivity index (χ3v) is 4.43. The Morgan fingerprint density at radius 3 is 2.52 bits per heavy atom. The highest BCUT2D eigenvalue weighted by atomic mass is 16.5. The quantitative estimate of drug-likeness (QED) is 0.705. The maximum atomic E-state index is 12.6. The Balaban J connectivity index is 1.68. The predicted molar refractivity (Wildman–Crippen MR) is 110 cm³/mol. The van der Waals surface area contributed by atoms with Crippen molar-refractivity contribution in [3.05, 3.63) is 42.5 Å². The lowest BCUT2D eigenvalue weighted by molar-refractivity contribution is -0.118. The summed E-state index contributed by atoms with van der Waals surface area (Å²) in [6.45, 7) is 1.57. The van der Waals surface area contributed by atoms with Gasteiger partial charge in [0, 0.05) is 36.8 Å². The Kier molecular flexibility index (Phi) is 6.78. The zero-order valence-electron chi connectivity index (χ0n) is 16.3. The van der Waals surface area contributed by atoms with Gasteiger partial charge in [-0.15, -0.1) is 0 Å². The minimum Gasteiger partial charge on any atom is -0.497 e. The summed E-state index contributed by atoms with van der Waals surface area (Å²) in [6, 6.07) is 12.6. The van der Waals surface area contributed by atoms with Crippen LogP contribution in [0.25, 0.3) is 0 Å². The Hall–Kier alpha value is -3.42. The summed E-state index contributed by atoms with van der Waals surface area (Å²) < 4.78 is 16.4. The maximum Gasteiger partial charge on any atom is 0.243 e. The number of benzene rings is 2. The number of hydrogen-bond donors (Lipinski definition) is 2. The van der Waals surface area contributed by atoms with Gasteiger partial charge in [-0.3, -0.25) is 9.59 Å². The lowest BCUT2D eigenvalue weighted by Gasteiger charge is -2.24. The Bertz CT molecular complexity index is 854. The number of fused-ring (bicyclic) bond motifs is 1. The number of rotatable bonds is 8. The SMILES string of the molecule is COc1ccc(N(CCC(N)=O)CC(=O)Nc2ccc3c(c2)OCCCO3)cc1. The molecule has 0 aromatic heterocycles. The maximum absolute atomic E-state index is 12.6. The number of carbonyl (C=O) groups excluding carboxylic acids is 2. The first-order valence-corrected chi connectivity index (χ1v) is 9.42. The molecule has 0 saturated heterocycles. The van der Waals surface area contributed by atoms with E-state index in [9.17, 15) is 9.59 Å². The second-order valence-electron chi connectivity index (χ2n) is 6.60. The van der Waals surface area contributed by atoms with Crippen molar-refractivity contribution in [2.45, 2.75) is 12.8 Å². The molecule has 0 bridgehead atoms. The summed E-state index contributed by atoms with van der Waals surface area (Å²) in [5.74, 6) is 1.34. The molecule has 0 unspecified atom stereocenters. The van der Waals surface area contributed by atoms with Crippen LogP contribution in [-0.2, 0) is 9.59 Å². The van der Waals surface area contributed by atoms with E-state index in [2.05, 4.69) is 5.32 Å². The van der Waals surface area contributed by atoms with E-state index in [0.717, 1.165) is 12.1 Å². The van der Waals surface area contributed by atoms with Crippen molar-refractivity contribution in [2.24, 2.45) is 5.73 Å². The topological polar surface area (TPSA) is 103 Å². The van der Waals surface area contributed by atoms with Gasteiger partial charge in [-0.05, 0) is 36.4 Å². The first-order chi connectivity index (χ1) is 14.0. The average Bonchev–Trinajstić information content (AvgIpc) is 2.96. The van der Waals surface area contributed by atoms with E-state index < -0.39 is 5.91 Å². The summed E-state index contributed by atoms with van der Waals surface area (Å²) in [7, 11) is 1.59. The number of primary amides is 1. The third kappa shape index (κ3) is 5.78. The minimum absolute atomic E-state index is 0.0635. The second-order valence-corrected chi connectivity index (χ2v) is 6.60. The van der Waals surface area contributed by atoms with Crippen LogP contribution in [0.15, 0.2) is 42.5 Å². The fraction of sp³-hybridized carbons (Fsp3) is 0.333. The molecule has 3 N–H and O–H groups in total. The zero-order valence-corrected chi connectivity index (χ0v) is 16.3. The van der Waals surface area contributed by atoms with Gasteiger partial charge >= 0.3 is 0 Å². The van der Waals surface area contributed by atoms with Crippen molar-refractivity contribution in [1.82, 2.24) is 0 Å². The van der Waals surface area contributed by atoms with E-state index in [0.29, 0.717) is 42.7 Å². The number of nitrogens with zero attached hydrogens (tertiary/aromatic N) is 1. The van der Waals surface area contributed by atoms with Crippen LogP contribution < -0.4 is 30.2 Å². The van der Waals surface area contributed by atoms with Crippen LogP contribution in [0.3, 0.4) is 0 Å². The van der Waals surface area contributed by atoms with Gasteiger partial charge in [0.2, 0.25) is 11.8 Å². The van der Waals surface area contributed by atoms with Crippen LogP contribution in [0.4, 0.5) is 11.4 Å². The fourth-order valence-corrected chi connectivity index (χ4v) is 2.95. The molecule has 154 valence electrons. The smallest absolute Gasteiger partial charge is 0.243 e. The first kappa shape index (κ1) is 20.3. The van der Waals surface area contributed by atoms with Crippen LogP contribution in [0.1, 0.15) is 12.8 Å². The molecule has 0 fully saturated rings. The monoisotopic (exact) mass is 399 g/mol. The molecule has 0 radical (unpaired) electrons.